The zero-order valence-electron chi connectivity index (χ0n) is 20.6. The largest absolute Gasteiger partial charge is 0.480 e. The van der Waals surface area contributed by atoms with Crippen LogP contribution in [0.25, 0.3) is 0 Å². The fourth-order valence-corrected chi connectivity index (χ4v) is 3.66. The maximum Gasteiger partial charge on any atom is 0.326 e. The molecule has 0 aliphatic carbocycles. The second-order valence-corrected chi connectivity index (χ2v) is 9.10. The van der Waals surface area contributed by atoms with Crippen molar-refractivity contribution in [1.29, 1.82) is 0 Å². The van der Waals surface area contributed by atoms with Gasteiger partial charge in [-0.25, -0.2) is 4.79 Å². The lowest BCUT2D eigenvalue weighted by Crippen LogP contribution is -2.59. The molecule has 5 atom stereocenters. The van der Waals surface area contributed by atoms with Crippen LogP contribution >= 0.6 is 0 Å². The van der Waals surface area contributed by atoms with Crippen molar-refractivity contribution in [2.45, 2.75) is 84.0 Å². The molecule has 0 aromatic heterocycles. The van der Waals surface area contributed by atoms with Gasteiger partial charge in [0.15, 0.2) is 5.96 Å². The highest BCUT2D eigenvalue weighted by Crippen LogP contribution is 2.13. The van der Waals surface area contributed by atoms with Gasteiger partial charge >= 0.3 is 5.97 Å². The van der Waals surface area contributed by atoms with E-state index in [0.717, 1.165) is 13.0 Å². The molecular formula is C22H41N7O5. The van der Waals surface area contributed by atoms with Gasteiger partial charge in [-0.15, -0.1) is 0 Å². The minimum absolute atomic E-state index is 0.0924. The van der Waals surface area contributed by atoms with Gasteiger partial charge in [-0.3, -0.25) is 19.4 Å². The summed E-state index contributed by atoms with van der Waals surface area (Å²) >= 11 is 0. The molecule has 1 fully saturated rings. The highest BCUT2D eigenvalue weighted by molar-refractivity contribution is 5.94. The summed E-state index contributed by atoms with van der Waals surface area (Å²) in [4.78, 5) is 54.1. The Morgan fingerprint density at radius 3 is 2.21 bits per heavy atom. The summed E-state index contributed by atoms with van der Waals surface area (Å²) < 4.78 is 0. The van der Waals surface area contributed by atoms with Crippen LogP contribution in [-0.2, 0) is 19.2 Å². The second kappa shape index (κ2) is 14.4. The molecule has 1 rings (SSSR count). The van der Waals surface area contributed by atoms with Crippen molar-refractivity contribution in [3.63, 3.8) is 0 Å². The molecule has 9 N–H and O–H groups in total. The highest BCUT2D eigenvalue weighted by atomic mass is 16.4. The average molecular weight is 484 g/mol. The monoisotopic (exact) mass is 483 g/mol. The number of hydrogen-bond acceptors (Lipinski definition) is 6. The van der Waals surface area contributed by atoms with E-state index in [4.69, 9.17) is 11.5 Å². The van der Waals surface area contributed by atoms with Crippen molar-refractivity contribution in [2.75, 3.05) is 13.1 Å². The topological polar surface area (TPSA) is 201 Å². The Balaban J connectivity index is 2.85. The number of guanidine groups is 1. The number of carboxylic acids is 1. The van der Waals surface area contributed by atoms with Gasteiger partial charge in [0.1, 0.15) is 18.1 Å². The Bertz CT molecular complexity index is 733. The summed E-state index contributed by atoms with van der Waals surface area (Å²) in [5.41, 5.74) is 10.5. The number of carboxylic acid groups (broad SMARTS) is 1. The normalized spacial score (nSPS) is 18.9. The Labute approximate surface area is 201 Å². The average Bonchev–Trinajstić information content (AvgIpc) is 3.31. The smallest absolute Gasteiger partial charge is 0.326 e. The number of nitrogens with zero attached hydrogens (tertiary/aromatic N) is 1. The van der Waals surface area contributed by atoms with Crippen LogP contribution in [0.2, 0.25) is 0 Å². The summed E-state index contributed by atoms with van der Waals surface area (Å²) in [7, 11) is 0. The zero-order chi connectivity index (χ0) is 25.8. The summed E-state index contributed by atoms with van der Waals surface area (Å²) in [6.07, 6.45) is 2.72. The van der Waals surface area contributed by atoms with Gasteiger partial charge < -0.3 is 37.8 Å². The van der Waals surface area contributed by atoms with E-state index >= 15 is 0 Å². The van der Waals surface area contributed by atoms with Gasteiger partial charge in [-0.1, -0.05) is 34.1 Å². The molecule has 12 nitrogen and oxygen atoms in total. The molecule has 1 aliphatic rings. The van der Waals surface area contributed by atoms with Crippen molar-refractivity contribution in [3.05, 3.63) is 0 Å². The Morgan fingerprint density at radius 2 is 1.71 bits per heavy atom. The third kappa shape index (κ3) is 9.54. The number of amides is 3. The lowest BCUT2D eigenvalue weighted by Gasteiger charge is -2.29. The molecule has 5 unspecified atom stereocenters. The molecule has 0 radical (unpaired) electrons. The third-order valence-corrected chi connectivity index (χ3v) is 5.98. The van der Waals surface area contributed by atoms with Gasteiger partial charge in [0.2, 0.25) is 17.7 Å². The Morgan fingerprint density at radius 1 is 1.06 bits per heavy atom. The molecule has 0 aromatic carbocycles. The maximum absolute atomic E-state index is 13.1. The Kier molecular flexibility index (Phi) is 12.3. The standard InChI is InChI=1S/C22H41N7O5/c1-5-13(4)17(29-18(30)14-8-6-10-25-14)20(32)28-16(12(2)3)19(31)27-15(21(33)34)9-7-11-26-22(23)24/h12-17,25H,5-11H2,1-4H3,(H,27,31)(H,28,32)(H,29,30)(H,33,34)(H4,23,24,26). The molecule has 0 saturated carbocycles. The molecule has 0 aromatic rings. The van der Waals surface area contributed by atoms with Crippen LogP contribution in [-0.4, -0.2) is 72.0 Å². The van der Waals surface area contributed by atoms with Gasteiger partial charge in [0.25, 0.3) is 0 Å². The van der Waals surface area contributed by atoms with Gasteiger partial charge in [-0.2, -0.15) is 0 Å². The predicted molar refractivity (Wildman–Crippen MR) is 129 cm³/mol. The lowest BCUT2D eigenvalue weighted by atomic mass is 9.96. The third-order valence-electron chi connectivity index (χ3n) is 5.98. The molecule has 3 amide bonds. The van der Waals surface area contributed by atoms with Crippen LogP contribution in [0.4, 0.5) is 0 Å². The van der Waals surface area contributed by atoms with Crippen LogP contribution in [0.5, 0.6) is 0 Å². The van der Waals surface area contributed by atoms with Crippen LogP contribution < -0.4 is 32.7 Å². The summed E-state index contributed by atoms with van der Waals surface area (Å²) in [6, 6.07) is -3.28. The van der Waals surface area contributed by atoms with Crippen molar-refractivity contribution in [1.82, 2.24) is 21.3 Å². The zero-order valence-corrected chi connectivity index (χ0v) is 20.6. The molecule has 194 valence electrons. The van der Waals surface area contributed by atoms with E-state index < -0.39 is 35.9 Å². The highest BCUT2D eigenvalue weighted by Gasteiger charge is 2.34. The first-order valence-corrected chi connectivity index (χ1v) is 11.9. The van der Waals surface area contributed by atoms with Crippen LogP contribution in [0.3, 0.4) is 0 Å². The van der Waals surface area contributed by atoms with E-state index in [0.29, 0.717) is 19.3 Å². The summed E-state index contributed by atoms with van der Waals surface area (Å²) in [6.45, 7) is 8.26. The minimum Gasteiger partial charge on any atom is -0.480 e. The van der Waals surface area contributed by atoms with Gasteiger partial charge in [0.05, 0.1) is 6.04 Å². The first-order chi connectivity index (χ1) is 16.0. The number of aliphatic carboxylic acids is 1. The molecule has 34 heavy (non-hydrogen) atoms. The van der Waals surface area contributed by atoms with Crippen molar-refractivity contribution >= 4 is 29.7 Å². The molecule has 1 heterocycles. The van der Waals surface area contributed by atoms with Crippen molar-refractivity contribution in [2.24, 2.45) is 28.3 Å². The first kappa shape index (κ1) is 29.1. The maximum atomic E-state index is 13.1. The molecular weight excluding hydrogens is 442 g/mol. The second-order valence-electron chi connectivity index (χ2n) is 9.10. The van der Waals surface area contributed by atoms with E-state index in [1.807, 2.05) is 13.8 Å². The molecule has 0 bridgehead atoms. The number of hydrogen-bond donors (Lipinski definition) is 7. The van der Waals surface area contributed by atoms with Gasteiger partial charge in [-0.05, 0) is 44.1 Å². The fraction of sp³-hybridized carbons (Fsp3) is 0.773. The van der Waals surface area contributed by atoms with Crippen molar-refractivity contribution < 1.29 is 24.3 Å². The first-order valence-electron chi connectivity index (χ1n) is 11.9. The van der Waals surface area contributed by atoms with Crippen LogP contribution in [0.15, 0.2) is 4.99 Å². The molecule has 0 spiro atoms. The fourth-order valence-electron chi connectivity index (χ4n) is 3.66. The molecule has 12 heteroatoms. The van der Waals surface area contributed by atoms with E-state index in [-0.39, 0.29) is 42.7 Å². The van der Waals surface area contributed by atoms with Gasteiger partial charge in [0, 0.05) is 6.54 Å². The quantitative estimate of drug-likeness (QED) is 0.0929. The lowest BCUT2D eigenvalue weighted by molar-refractivity contribution is -0.143. The SMILES string of the molecule is CCC(C)C(NC(=O)C1CCCN1)C(=O)NC(C(=O)NC(CCCN=C(N)N)C(=O)O)C(C)C. The predicted octanol–water partition coefficient (Wildman–Crippen LogP) is -0.967. The Hall–Kier alpha value is -2.89. The minimum atomic E-state index is -1.19. The number of rotatable bonds is 14. The molecule has 1 aliphatic heterocycles. The van der Waals surface area contributed by atoms with Crippen LogP contribution in [0.1, 0.15) is 59.8 Å². The van der Waals surface area contributed by atoms with Crippen LogP contribution in [0, 0.1) is 11.8 Å². The van der Waals surface area contributed by atoms with E-state index in [9.17, 15) is 24.3 Å². The number of nitrogens with one attached hydrogen (secondary N) is 4. The molecule has 1 saturated heterocycles. The van der Waals surface area contributed by atoms with E-state index in [2.05, 4.69) is 26.3 Å². The van der Waals surface area contributed by atoms with E-state index in [1.165, 1.54) is 0 Å². The number of aliphatic imine (C=N–C) groups is 1. The van der Waals surface area contributed by atoms with Crippen molar-refractivity contribution in [3.8, 4) is 0 Å². The number of carbonyl (C=O) groups is 4. The number of carbonyl (C=O) groups excluding carboxylic acids is 3. The number of nitrogens with two attached hydrogens (primary N) is 2. The summed E-state index contributed by atoms with van der Waals surface area (Å²) in [5, 5.41) is 20.6. The van der Waals surface area contributed by atoms with E-state index in [1.54, 1.807) is 13.8 Å². The summed E-state index contributed by atoms with van der Waals surface area (Å²) in [5.74, 6) is -3.09.